The summed E-state index contributed by atoms with van der Waals surface area (Å²) in [5.41, 5.74) is 2.52. The number of esters is 2. The van der Waals surface area contributed by atoms with Gasteiger partial charge in [-0.15, -0.1) is 5.73 Å². The van der Waals surface area contributed by atoms with Gasteiger partial charge in [-0.25, -0.2) is 4.79 Å². The Morgan fingerprint density at radius 1 is 1.38 bits per heavy atom. The second-order valence-electron chi connectivity index (χ2n) is 2.07. The van der Waals surface area contributed by atoms with Gasteiger partial charge in [-0.05, 0) is 13.0 Å². The quantitative estimate of drug-likeness (QED) is 0.369. The molecule has 0 aliphatic carbocycles. The lowest BCUT2D eigenvalue weighted by Crippen LogP contribution is -1.98. The normalized spacial score (nSPS) is 8.15. The minimum absolute atomic E-state index is 0.116. The Morgan fingerprint density at radius 2 is 2.08 bits per heavy atom. The van der Waals surface area contributed by atoms with Gasteiger partial charge in [0.2, 0.25) is 0 Å². The van der Waals surface area contributed by atoms with Crippen LogP contribution in [-0.2, 0) is 19.1 Å². The van der Waals surface area contributed by atoms with E-state index in [1.807, 2.05) is 0 Å². The van der Waals surface area contributed by atoms with E-state index < -0.39 is 5.97 Å². The summed E-state index contributed by atoms with van der Waals surface area (Å²) in [5.74, 6) is -0.823. The zero-order chi connectivity index (χ0) is 10.1. The molecule has 4 heteroatoms. The van der Waals surface area contributed by atoms with Crippen LogP contribution in [0.3, 0.4) is 0 Å². The Bertz CT molecular complexity index is 236. The summed E-state index contributed by atoms with van der Waals surface area (Å²) in [4.78, 5) is 20.9. The van der Waals surface area contributed by atoms with E-state index in [0.717, 1.165) is 6.08 Å². The van der Waals surface area contributed by atoms with Crippen LogP contribution in [0.1, 0.15) is 13.8 Å². The Labute approximate surface area is 76.8 Å². The predicted octanol–water partition coefficient (Wildman–Crippen LogP) is 0.824. The molecular weight excluding hydrogens is 172 g/mol. The van der Waals surface area contributed by atoms with Crippen LogP contribution < -0.4 is 0 Å². The van der Waals surface area contributed by atoms with Gasteiger partial charge in [-0.1, -0.05) is 0 Å². The van der Waals surface area contributed by atoms with Crippen molar-refractivity contribution >= 4 is 11.9 Å². The van der Waals surface area contributed by atoms with Gasteiger partial charge in [0.05, 0.1) is 12.7 Å². The number of carbonyl (C=O) groups excluding carboxylic acids is 2. The van der Waals surface area contributed by atoms with Crippen LogP contribution in [0.5, 0.6) is 0 Å². The van der Waals surface area contributed by atoms with Gasteiger partial charge in [-0.2, -0.15) is 0 Å². The molecule has 0 saturated heterocycles. The maximum absolute atomic E-state index is 10.7. The summed E-state index contributed by atoms with van der Waals surface area (Å²) >= 11 is 0. The highest BCUT2D eigenvalue weighted by Gasteiger charge is 1.90. The van der Waals surface area contributed by atoms with Gasteiger partial charge in [-0.3, -0.25) is 4.79 Å². The molecule has 0 aromatic carbocycles. The summed E-state index contributed by atoms with van der Waals surface area (Å²) < 4.78 is 9.14. The lowest BCUT2D eigenvalue weighted by atomic mass is 10.5. The number of hydrogen-bond donors (Lipinski definition) is 0. The van der Waals surface area contributed by atoms with Crippen molar-refractivity contribution in [3.63, 3.8) is 0 Å². The van der Waals surface area contributed by atoms with E-state index in [-0.39, 0.29) is 12.6 Å². The molecule has 0 unspecified atom stereocenters. The number of carbonyl (C=O) groups is 2. The van der Waals surface area contributed by atoms with Crippen LogP contribution in [-0.4, -0.2) is 25.2 Å². The first-order valence-electron chi connectivity index (χ1n) is 3.88. The zero-order valence-corrected chi connectivity index (χ0v) is 7.70. The molecule has 0 rings (SSSR count). The monoisotopic (exact) mass is 184 g/mol. The Kier molecular flexibility index (Phi) is 6.28. The van der Waals surface area contributed by atoms with Crippen LogP contribution in [0, 0.1) is 0 Å². The maximum atomic E-state index is 10.7. The molecule has 0 aliphatic heterocycles. The molecule has 0 radical (unpaired) electrons. The fraction of sp³-hybridized carbons (Fsp3) is 0.444. The number of rotatable bonds is 4. The van der Waals surface area contributed by atoms with Gasteiger partial charge < -0.3 is 9.47 Å². The van der Waals surface area contributed by atoms with E-state index in [1.165, 1.54) is 13.0 Å². The third-order valence-corrected chi connectivity index (χ3v) is 0.976. The van der Waals surface area contributed by atoms with Crippen molar-refractivity contribution in [3.8, 4) is 0 Å². The maximum Gasteiger partial charge on any atom is 0.338 e. The smallest absolute Gasteiger partial charge is 0.338 e. The van der Waals surface area contributed by atoms with E-state index in [4.69, 9.17) is 0 Å². The highest BCUT2D eigenvalue weighted by Crippen LogP contribution is 1.80. The van der Waals surface area contributed by atoms with Crippen molar-refractivity contribution in [3.05, 3.63) is 17.9 Å². The summed E-state index contributed by atoms with van der Waals surface area (Å²) in [5, 5.41) is 0. The molecule has 0 heterocycles. The summed E-state index contributed by atoms with van der Waals surface area (Å²) in [7, 11) is 0. The molecule has 0 bridgehead atoms. The first-order chi connectivity index (χ1) is 6.16. The predicted molar refractivity (Wildman–Crippen MR) is 45.9 cm³/mol. The van der Waals surface area contributed by atoms with Crippen LogP contribution in [0.25, 0.3) is 0 Å². The van der Waals surface area contributed by atoms with Crippen molar-refractivity contribution in [2.24, 2.45) is 0 Å². The molecule has 13 heavy (non-hydrogen) atoms. The fourth-order valence-corrected chi connectivity index (χ4v) is 0.518. The zero-order valence-electron chi connectivity index (χ0n) is 7.70. The van der Waals surface area contributed by atoms with Crippen molar-refractivity contribution in [2.45, 2.75) is 13.8 Å². The Morgan fingerprint density at radius 3 is 2.62 bits per heavy atom. The van der Waals surface area contributed by atoms with Crippen molar-refractivity contribution < 1.29 is 19.1 Å². The Balaban J connectivity index is 3.69. The molecule has 0 N–H and O–H groups in total. The van der Waals surface area contributed by atoms with Crippen LogP contribution in [0.4, 0.5) is 0 Å². The second kappa shape index (κ2) is 7.13. The minimum atomic E-state index is -0.457. The first-order valence-corrected chi connectivity index (χ1v) is 3.88. The first kappa shape index (κ1) is 11.5. The topological polar surface area (TPSA) is 52.6 Å². The van der Waals surface area contributed by atoms with E-state index in [0.29, 0.717) is 6.61 Å². The average molecular weight is 184 g/mol. The molecule has 0 aromatic heterocycles. The van der Waals surface area contributed by atoms with Crippen molar-refractivity contribution in [2.75, 3.05) is 13.2 Å². The van der Waals surface area contributed by atoms with Crippen LogP contribution >= 0.6 is 0 Å². The van der Waals surface area contributed by atoms with Gasteiger partial charge in [0.25, 0.3) is 0 Å². The summed E-state index contributed by atoms with van der Waals surface area (Å²) in [6.07, 6.45) is 2.57. The molecule has 0 aliphatic rings. The molecule has 0 amide bonds. The fourth-order valence-electron chi connectivity index (χ4n) is 0.518. The lowest BCUT2D eigenvalue weighted by Gasteiger charge is -1.92. The van der Waals surface area contributed by atoms with Crippen molar-refractivity contribution in [1.29, 1.82) is 0 Å². The van der Waals surface area contributed by atoms with E-state index in [9.17, 15) is 9.59 Å². The van der Waals surface area contributed by atoms with Gasteiger partial charge in [0.15, 0.2) is 0 Å². The molecule has 0 aromatic rings. The third-order valence-electron chi connectivity index (χ3n) is 0.976. The number of ether oxygens (including phenoxy) is 2. The standard InChI is InChI=1S/C9H12O4/c1-3-12-9(11)6-4-5-7-13-8(2)10/h5-6H,3,7H2,1-2H3. The third kappa shape index (κ3) is 8.37. The van der Waals surface area contributed by atoms with E-state index in [1.54, 1.807) is 6.92 Å². The van der Waals surface area contributed by atoms with Crippen molar-refractivity contribution in [1.82, 2.24) is 0 Å². The summed E-state index contributed by atoms with van der Waals surface area (Å²) in [6, 6.07) is 0. The van der Waals surface area contributed by atoms with E-state index in [2.05, 4.69) is 15.2 Å². The molecule has 0 fully saturated rings. The molecule has 4 nitrogen and oxygen atoms in total. The molecule has 0 spiro atoms. The van der Waals surface area contributed by atoms with Gasteiger partial charge in [0, 0.05) is 6.92 Å². The molecule has 72 valence electrons. The molecular formula is C9H12O4. The minimum Gasteiger partial charge on any atom is -0.462 e. The SMILES string of the molecule is CCOC(=O)C=C=CCOC(C)=O. The van der Waals surface area contributed by atoms with E-state index >= 15 is 0 Å². The van der Waals surface area contributed by atoms with Crippen LogP contribution in [0.15, 0.2) is 17.9 Å². The second-order valence-corrected chi connectivity index (χ2v) is 2.07. The number of hydrogen-bond acceptors (Lipinski definition) is 4. The molecule has 0 saturated carbocycles. The Hall–Kier alpha value is -1.54. The average Bonchev–Trinajstić information content (AvgIpc) is 2.03. The van der Waals surface area contributed by atoms with Crippen LogP contribution in [0.2, 0.25) is 0 Å². The summed E-state index contributed by atoms with van der Waals surface area (Å²) in [6.45, 7) is 3.48. The van der Waals surface area contributed by atoms with Gasteiger partial charge in [0.1, 0.15) is 6.61 Å². The highest BCUT2D eigenvalue weighted by atomic mass is 16.5. The van der Waals surface area contributed by atoms with Gasteiger partial charge >= 0.3 is 11.9 Å². The largest absolute Gasteiger partial charge is 0.462 e. The highest BCUT2D eigenvalue weighted by molar-refractivity contribution is 5.81. The molecule has 0 atom stereocenters. The lowest BCUT2D eigenvalue weighted by molar-refractivity contribution is -0.139.